The summed E-state index contributed by atoms with van der Waals surface area (Å²) in [7, 11) is 1.72. The minimum Gasteiger partial charge on any atom is -0.496 e. The minimum absolute atomic E-state index is 0.00106. The Kier molecular flexibility index (Phi) is 9.79. The Labute approximate surface area is 312 Å². The SMILES string of the molecule is COc1ccccc1-c1cc(-c2cc(C(C)(C)C)cc(C(C)(C)C)c2)cc(-c2cccc(-c3cc(-c4c(C)cc(C(C)(C)C)cc4C)ccn3)c2)n1. The maximum Gasteiger partial charge on any atom is 0.128 e. The number of pyridine rings is 2. The fourth-order valence-corrected chi connectivity index (χ4v) is 6.93. The lowest BCUT2D eigenvalue weighted by Crippen LogP contribution is -2.16. The quantitative estimate of drug-likeness (QED) is 0.175. The van der Waals surface area contributed by atoms with Gasteiger partial charge < -0.3 is 4.74 Å². The van der Waals surface area contributed by atoms with Crippen LogP contribution in [0.1, 0.15) is 90.1 Å². The molecule has 4 aromatic carbocycles. The van der Waals surface area contributed by atoms with Gasteiger partial charge in [-0.3, -0.25) is 4.98 Å². The molecule has 2 aromatic heterocycles. The summed E-state index contributed by atoms with van der Waals surface area (Å²) in [5.74, 6) is 0.799. The lowest BCUT2D eigenvalue weighted by atomic mass is 9.79. The summed E-state index contributed by atoms with van der Waals surface area (Å²) < 4.78 is 5.83. The van der Waals surface area contributed by atoms with Crippen molar-refractivity contribution in [3.05, 3.63) is 137 Å². The largest absolute Gasteiger partial charge is 0.496 e. The molecule has 0 aliphatic rings. The van der Waals surface area contributed by atoms with Crippen LogP contribution in [0.5, 0.6) is 5.75 Å². The van der Waals surface area contributed by atoms with Gasteiger partial charge in [-0.15, -0.1) is 0 Å². The summed E-state index contributed by atoms with van der Waals surface area (Å²) in [4.78, 5) is 10.2. The molecule has 0 radical (unpaired) electrons. The molecule has 0 aliphatic carbocycles. The van der Waals surface area contributed by atoms with Crippen LogP contribution >= 0.6 is 0 Å². The highest BCUT2D eigenvalue weighted by atomic mass is 16.5. The molecule has 0 atom stereocenters. The van der Waals surface area contributed by atoms with Crippen LogP contribution in [0.4, 0.5) is 0 Å². The van der Waals surface area contributed by atoms with Gasteiger partial charge in [0.15, 0.2) is 0 Å². The molecule has 0 aliphatic heterocycles. The molecule has 0 bridgehead atoms. The number of benzene rings is 4. The van der Waals surface area contributed by atoms with E-state index in [1.54, 1.807) is 7.11 Å². The molecule has 52 heavy (non-hydrogen) atoms. The molecular formula is C49H54N2O. The highest BCUT2D eigenvalue weighted by Crippen LogP contribution is 2.39. The molecule has 3 nitrogen and oxygen atoms in total. The summed E-state index contributed by atoms with van der Waals surface area (Å²) in [5, 5.41) is 0. The van der Waals surface area contributed by atoms with Crippen molar-refractivity contribution < 1.29 is 4.74 Å². The standard InChI is InChI=1S/C49H54N2O/c1-31-22-38(47(3,4)5)23-32(2)46(31)35-20-21-50-42(27-35)33-16-15-17-34(24-33)43-28-37(29-44(51-43)41-18-13-14-19-45(41)52-12)36-25-39(48(6,7)8)30-40(26-36)49(9,10)11/h13-30H,1-12H3. The van der Waals surface area contributed by atoms with Gasteiger partial charge in [-0.25, -0.2) is 4.98 Å². The van der Waals surface area contributed by atoms with E-state index in [0.717, 1.165) is 45.1 Å². The molecule has 0 N–H and O–H groups in total. The van der Waals surface area contributed by atoms with Gasteiger partial charge in [0, 0.05) is 22.9 Å². The molecule has 0 saturated carbocycles. The van der Waals surface area contributed by atoms with E-state index in [9.17, 15) is 0 Å². The van der Waals surface area contributed by atoms with Crippen molar-refractivity contribution in [1.82, 2.24) is 9.97 Å². The fraction of sp³-hybridized carbons (Fsp3) is 0.306. The summed E-state index contributed by atoms with van der Waals surface area (Å²) in [6.07, 6.45) is 1.93. The summed E-state index contributed by atoms with van der Waals surface area (Å²) >= 11 is 0. The van der Waals surface area contributed by atoms with Crippen LogP contribution in [0.3, 0.4) is 0 Å². The maximum atomic E-state index is 5.83. The number of nitrogens with zero attached hydrogens (tertiary/aromatic N) is 2. The zero-order valence-corrected chi connectivity index (χ0v) is 33.2. The van der Waals surface area contributed by atoms with Gasteiger partial charge in [0.05, 0.1) is 24.2 Å². The van der Waals surface area contributed by atoms with Crippen LogP contribution in [-0.2, 0) is 16.2 Å². The van der Waals surface area contributed by atoms with Crippen molar-refractivity contribution in [2.45, 2.75) is 92.4 Å². The zero-order chi connectivity index (χ0) is 37.6. The Bertz CT molecular complexity index is 2200. The number of rotatable bonds is 6. The molecule has 0 spiro atoms. The Hall–Kier alpha value is -5.02. The topological polar surface area (TPSA) is 35.0 Å². The summed E-state index contributed by atoms with van der Waals surface area (Å²) in [6, 6.07) is 37.3. The number of methoxy groups -OCH3 is 1. The van der Waals surface area contributed by atoms with E-state index in [1.165, 1.54) is 44.5 Å². The molecule has 0 saturated heterocycles. The molecule has 0 unspecified atom stereocenters. The highest BCUT2D eigenvalue weighted by Gasteiger charge is 2.22. The number of para-hydroxylation sites is 1. The van der Waals surface area contributed by atoms with E-state index >= 15 is 0 Å². The van der Waals surface area contributed by atoms with E-state index < -0.39 is 0 Å². The molecule has 0 fully saturated rings. The van der Waals surface area contributed by atoms with E-state index in [0.29, 0.717) is 0 Å². The van der Waals surface area contributed by atoms with Gasteiger partial charge in [-0.1, -0.05) is 123 Å². The first-order chi connectivity index (χ1) is 24.4. The molecule has 3 heteroatoms. The summed E-state index contributed by atoms with van der Waals surface area (Å²) in [5.41, 5.74) is 17.2. The smallest absolute Gasteiger partial charge is 0.128 e. The van der Waals surface area contributed by atoms with Crippen molar-refractivity contribution in [3.63, 3.8) is 0 Å². The number of hydrogen-bond donors (Lipinski definition) is 0. The monoisotopic (exact) mass is 686 g/mol. The van der Waals surface area contributed by atoms with Crippen molar-refractivity contribution >= 4 is 0 Å². The average molecular weight is 687 g/mol. The van der Waals surface area contributed by atoms with Gasteiger partial charge in [-0.05, 0) is 123 Å². The number of aryl methyl sites for hydroxylation is 2. The van der Waals surface area contributed by atoms with Crippen LogP contribution in [-0.4, -0.2) is 17.1 Å². The van der Waals surface area contributed by atoms with Gasteiger partial charge >= 0.3 is 0 Å². The fourth-order valence-electron chi connectivity index (χ4n) is 6.93. The van der Waals surface area contributed by atoms with Crippen molar-refractivity contribution in [2.24, 2.45) is 0 Å². The summed E-state index contributed by atoms with van der Waals surface area (Å²) in [6.45, 7) is 25.0. The Morgan fingerprint density at radius 3 is 1.58 bits per heavy atom. The van der Waals surface area contributed by atoms with Crippen LogP contribution in [0.15, 0.2) is 109 Å². The average Bonchev–Trinajstić information content (AvgIpc) is 3.10. The predicted molar refractivity (Wildman–Crippen MR) is 221 cm³/mol. The molecule has 6 rings (SSSR count). The van der Waals surface area contributed by atoms with Crippen LogP contribution in [0.25, 0.3) is 56.0 Å². The zero-order valence-electron chi connectivity index (χ0n) is 33.2. The third-order valence-electron chi connectivity index (χ3n) is 10.1. The second-order valence-electron chi connectivity index (χ2n) is 17.4. The van der Waals surface area contributed by atoms with Gasteiger partial charge in [0.2, 0.25) is 0 Å². The Morgan fingerprint density at radius 2 is 0.981 bits per heavy atom. The van der Waals surface area contributed by atoms with Gasteiger partial charge in [-0.2, -0.15) is 0 Å². The Morgan fingerprint density at radius 1 is 0.462 bits per heavy atom. The highest BCUT2D eigenvalue weighted by molar-refractivity contribution is 5.81. The van der Waals surface area contributed by atoms with Gasteiger partial charge in [0.1, 0.15) is 5.75 Å². The number of hydrogen-bond acceptors (Lipinski definition) is 3. The molecule has 266 valence electrons. The normalized spacial score (nSPS) is 12.2. The number of ether oxygens (including phenoxy) is 1. The second kappa shape index (κ2) is 13.8. The molecular weight excluding hydrogens is 633 g/mol. The first-order valence-corrected chi connectivity index (χ1v) is 18.4. The van der Waals surface area contributed by atoms with E-state index in [4.69, 9.17) is 14.7 Å². The third-order valence-corrected chi connectivity index (χ3v) is 10.1. The Balaban J connectivity index is 1.51. The van der Waals surface area contributed by atoms with E-state index in [1.807, 2.05) is 24.4 Å². The van der Waals surface area contributed by atoms with Gasteiger partial charge in [0.25, 0.3) is 0 Å². The van der Waals surface area contributed by atoms with E-state index in [-0.39, 0.29) is 16.2 Å². The first-order valence-electron chi connectivity index (χ1n) is 18.4. The van der Waals surface area contributed by atoms with Crippen molar-refractivity contribution in [2.75, 3.05) is 7.11 Å². The first kappa shape index (κ1) is 36.8. The van der Waals surface area contributed by atoms with Crippen molar-refractivity contribution in [3.8, 4) is 61.8 Å². The maximum absolute atomic E-state index is 5.83. The molecule has 6 aromatic rings. The van der Waals surface area contributed by atoms with Crippen LogP contribution in [0.2, 0.25) is 0 Å². The number of aromatic nitrogens is 2. The third kappa shape index (κ3) is 7.75. The predicted octanol–water partition coefficient (Wildman–Crippen LogP) is 13.3. The molecule has 2 heterocycles. The van der Waals surface area contributed by atoms with Crippen LogP contribution in [0, 0.1) is 13.8 Å². The molecule has 0 amide bonds. The van der Waals surface area contributed by atoms with Crippen LogP contribution < -0.4 is 4.74 Å². The lowest BCUT2D eigenvalue weighted by molar-refractivity contribution is 0.416. The van der Waals surface area contributed by atoms with E-state index in [2.05, 4.69) is 161 Å². The lowest BCUT2D eigenvalue weighted by Gasteiger charge is -2.26. The van der Waals surface area contributed by atoms with Crippen molar-refractivity contribution in [1.29, 1.82) is 0 Å². The second-order valence-corrected chi connectivity index (χ2v) is 17.4. The minimum atomic E-state index is -0.00106.